The Hall–Kier alpha value is -3.10. The predicted octanol–water partition coefficient (Wildman–Crippen LogP) is 6.20. The van der Waals surface area contributed by atoms with Gasteiger partial charge in [-0.05, 0) is 73.3 Å². The van der Waals surface area contributed by atoms with E-state index >= 15 is 0 Å². The monoisotopic (exact) mass is 458 g/mol. The van der Waals surface area contributed by atoms with Crippen LogP contribution in [0, 0.1) is 18.3 Å². The fourth-order valence-corrected chi connectivity index (χ4v) is 5.32. The lowest BCUT2D eigenvalue weighted by Gasteiger charge is -2.33. The van der Waals surface area contributed by atoms with Gasteiger partial charge in [0.25, 0.3) is 5.91 Å². The molecular formula is C27H27ClN4O. The number of likely N-dealkylation sites (tertiary alicyclic amines) is 1. The molecule has 6 heteroatoms. The maximum absolute atomic E-state index is 13.6. The minimum absolute atomic E-state index is 0.0681. The van der Waals surface area contributed by atoms with Crippen molar-refractivity contribution in [1.82, 2.24) is 14.9 Å². The number of nitrogens with zero attached hydrogens (tertiary/aromatic N) is 3. The van der Waals surface area contributed by atoms with E-state index in [4.69, 9.17) is 11.6 Å². The van der Waals surface area contributed by atoms with Crippen molar-refractivity contribution >= 4 is 17.5 Å². The molecule has 1 amide bonds. The average Bonchev–Trinajstić information content (AvgIpc) is 3.24. The number of aromatic nitrogens is 2. The van der Waals surface area contributed by atoms with Gasteiger partial charge in [-0.3, -0.25) is 4.79 Å². The van der Waals surface area contributed by atoms with Crippen molar-refractivity contribution in [3.05, 3.63) is 75.6 Å². The van der Waals surface area contributed by atoms with E-state index in [9.17, 15) is 10.1 Å². The van der Waals surface area contributed by atoms with Crippen molar-refractivity contribution in [1.29, 1.82) is 5.26 Å². The van der Waals surface area contributed by atoms with Crippen LogP contribution in [-0.2, 0) is 0 Å². The fraction of sp³-hybridized carbons (Fsp3) is 0.370. The first-order valence-corrected chi connectivity index (χ1v) is 12.1. The van der Waals surface area contributed by atoms with Gasteiger partial charge in [-0.1, -0.05) is 42.3 Å². The standard InChI is InChI=1S/C27H27ClN4O/c1-17-13-23(18-6-4-7-18)24(26-30-16-25(28)31-26)14-22(17)27(33)32-11-9-19(10-12-32)21-8-3-2-5-20(21)15-29/h2-3,5,8,13-14,16,18-19H,4,6-7,9-12H2,1H3,(H,30,31). The quantitative estimate of drug-likeness (QED) is 0.506. The first-order valence-electron chi connectivity index (χ1n) is 11.7. The normalized spacial score (nSPS) is 16.9. The molecule has 3 aromatic rings. The first kappa shape index (κ1) is 21.7. The Balaban J connectivity index is 1.39. The number of hydrogen-bond acceptors (Lipinski definition) is 3. The van der Waals surface area contributed by atoms with Crippen molar-refractivity contribution in [2.75, 3.05) is 13.1 Å². The van der Waals surface area contributed by atoms with Gasteiger partial charge in [0, 0.05) is 24.2 Å². The van der Waals surface area contributed by atoms with Crippen LogP contribution in [0.1, 0.15) is 76.6 Å². The highest BCUT2D eigenvalue weighted by atomic mass is 35.5. The zero-order valence-corrected chi connectivity index (χ0v) is 19.5. The van der Waals surface area contributed by atoms with Crippen LogP contribution in [0.25, 0.3) is 11.4 Å². The van der Waals surface area contributed by atoms with Crippen molar-refractivity contribution < 1.29 is 4.79 Å². The van der Waals surface area contributed by atoms with Crippen LogP contribution in [0.3, 0.4) is 0 Å². The summed E-state index contributed by atoms with van der Waals surface area (Å²) in [4.78, 5) is 23.1. The van der Waals surface area contributed by atoms with E-state index in [1.54, 1.807) is 6.20 Å². The summed E-state index contributed by atoms with van der Waals surface area (Å²) >= 11 is 6.12. The highest BCUT2D eigenvalue weighted by molar-refractivity contribution is 6.29. The summed E-state index contributed by atoms with van der Waals surface area (Å²) in [6.07, 6.45) is 6.94. The highest BCUT2D eigenvalue weighted by Gasteiger charge is 2.29. The Kier molecular flexibility index (Phi) is 5.95. The zero-order chi connectivity index (χ0) is 22.9. The molecule has 0 spiro atoms. The molecule has 2 heterocycles. The Labute approximate surface area is 199 Å². The Morgan fingerprint density at radius 1 is 1.12 bits per heavy atom. The average molecular weight is 459 g/mol. The third kappa shape index (κ3) is 4.16. The number of carbonyl (C=O) groups excluding carboxylic acids is 1. The zero-order valence-electron chi connectivity index (χ0n) is 18.8. The molecule has 33 heavy (non-hydrogen) atoms. The number of aryl methyl sites for hydroxylation is 1. The van der Waals surface area contributed by atoms with Crippen LogP contribution in [-0.4, -0.2) is 33.9 Å². The lowest BCUT2D eigenvalue weighted by atomic mass is 9.77. The largest absolute Gasteiger partial charge is 0.339 e. The highest BCUT2D eigenvalue weighted by Crippen LogP contribution is 2.42. The third-order valence-electron chi connectivity index (χ3n) is 7.28. The van der Waals surface area contributed by atoms with Crippen LogP contribution in [0.5, 0.6) is 0 Å². The van der Waals surface area contributed by atoms with Crippen LogP contribution >= 0.6 is 11.6 Å². The number of H-pyrrole nitrogens is 1. The van der Waals surface area contributed by atoms with E-state index in [2.05, 4.69) is 22.1 Å². The van der Waals surface area contributed by atoms with Crippen LogP contribution in [0.15, 0.2) is 42.6 Å². The molecule has 1 aliphatic heterocycles. The molecule has 2 aliphatic rings. The molecule has 1 saturated heterocycles. The van der Waals surface area contributed by atoms with Crippen molar-refractivity contribution in [2.45, 2.75) is 50.9 Å². The summed E-state index contributed by atoms with van der Waals surface area (Å²) in [7, 11) is 0. The molecule has 0 atom stereocenters. The van der Waals surface area contributed by atoms with E-state index < -0.39 is 0 Å². The van der Waals surface area contributed by atoms with Crippen molar-refractivity contribution in [3.63, 3.8) is 0 Å². The molecule has 1 aliphatic carbocycles. The van der Waals surface area contributed by atoms with Crippen LogP contribution in [0.4, 0.5) is 0 Å². The number of benzene rings is 2. The maximum Gasteiger partial charge on any atom is 0.254 e. The molecule has 1 N–H and O–H groups in total. The second kappa shape index (κ2) is 9.03. The molecule has 5 nitrogen and oxygen atoms in total. The number of piperidine rings is 1. The molecular weight excluding hydrogens is 432 g/mol. The minimum Gasteiger partial charge on any atom is -0.339 e. The van der Waals surface area contributed by atoms with Crippen LogP contribution in [0.2, 0.25) is 5.15 Å². The second-order valence-electron chi connectivity index (χ2n) is 9.23. The Morgan fingerprint density at radius 2 is 1.85 bits per heavy atom. The van der Waals surface area contributed by atoms with Gasteiger partial charge in [-0.15, -0.1) is 0 Å². The topological polar surface area (TPSA) is 72.8 Å². The number of hydrogen-bond donors (Lipinski definition) is 1. The summed E-state index contributed by atoms with van der Waals surface area (Å²) in [6.45, 7) is 3.41. The van der Waals surface area contributed by atoms with E-state index in [1.807, 2.05) is 42.2 Å². The number of nitriles is 1. The SMILES string of the molecule is Cc1cc(C2CCC2)c(-c2ncc(Cl)[nH]2)cc1C(=O)N1CCC(c2ccccc2C#N)CC1. The van der Waals surface area contributed by atoms with Crippen molar-refractivity contribution in [3.8, 4) is 17.5 Å². The van der Waals surface area contributed by atoms with Crippen molar-refractivity contribution in [2.24, 2.45) is 0 Å². The molecule has 0 radical (unpaired) electrons. The molecule has 168 valence electrons. The van der Waals surface area contributed by atoms with Gasteiger partial charge < -0.3 is 9.88 Å². The maximum atomic E-state index is 13.6. The summed E-state index contributed by atoms with van der Waals surface area (Å²) < 4.78 is 0. The molecule has 1 saturated carbocycles. The molecule has 0 bridgehead atoms. The smallest absolute Gasteiger partial charge is 0.254 e. The number of carbonyl (C=O) groups is 1. The van der Waals surface area contributed by atoms with Crippen LogP contribution < -0.4 is 0 Å². The number of rotatable bonds is 4. The molecule has 2 fully saturated rings. The number of imidazole rings is 1. The van der Waals surface area contributed by atoms with E-state index in [0.29, 0.717) is 30.1 Å². The number of aromatic amines is 1. The summed E-state index contributed by atoms with van der Waals surface area (Å²) in [5, 5.41) is 9.94. The lowest BCUT2D eigenvalue weighted by molar-refractivity contribution is 0.0712. The Morgan fingerprint density at radius 3 is 2.48 bits per heavy atom. The number of halogens is 1. The van der Waals surface area contributed by atoms with Gasteiger partial charge in [0.15, 0.2) is 0 Å². The summed E-state index contributed by atoms with van der Waals surface area (Å²) in [6, 6.07) is 14.3. The molecule has 2 aromatic carbocycles. The lowest BCUT2D eigenvalue weighted by Crippen LogP contribution is -2.38. The number of nitrogens with one attached hydrogen (secondary N) is 1. The van der Waals surface area contributed by atoms with Gasteiger partial charge in [0.1, 0.15) is 11.0 Å². The van der Waals surface area contributed by atoms with E-state index in [0.717, 1.165) is 46.5 Å². The summed E-state index contributed by atoms with van der Waals surface area (Å²) in [5.74, 6) is 1.62. The minimum atomic E-state index is 0.0681. The van der Waals surface area contributed by atoms with Gasteiger partial charge >= 0.3 is 0 Å². The molecule has 1 aromatic heterocycles. The molecule has 5 rings (SSSR count). The first-order chi connectivity index (χ1) is 16.0. The molecule has 0 unspecified atom stereocenters. The van der Waals surface area contributed by atoms with E-state index in [-0.39, 0.29) is 5.91 Å². The van der Waals surface area contributed by atoms with Gasteiger partial charge in [0.05, 0.1) is 17.8 Å². The third-order valence-corrected chi connectivity index (χ3v) is 7.47. The number of amides is 1. The Bertz CT molecular complexity index is 1230. The summed E-state index contributed by atoms with van der Waals surface area (Å²) in [5.41, 5.74) is 5.83. The second-order valence-corrected chi connectivity index (χ2v) is 9.63. The van der Waals surface area contributed by atoms with Gasteiger partial charge in [0.2, 0.25) is 0 Å². The van der Waals surface area contributed by atoms with Gasteiger partial charge in [-0.25, -0.2) is 4.98 Å². The fourth-order valence-electron chi connectivity index (χ4n) is 5.18. The van der Waals surface area contributed by atoms with Gasteiger partial charge in [-0.2, -0.15) is 5.26 Å². The predicted molar refractivity (Wildman–Crippen MR) is 129 cm³/mol. The van der Waals surface area contributed by atoms with E-state index in [1.165, 1.54) is 24.8 Å².